The third-order valence-electron chi connectivity index (χ3n) is 12.8. The van der Waals surface area contributed by atoms with Gasteiger partial charge in [0, 0.05) is 33.2 Å². The molecule has 0 atom stereocenters. The van der Waals surface area contributed by atoms with Crippen molar-refractivity contribution in [3.8, 4) is 101 Å². The Balaban J connectivity index is 1.06. The number of aromatic nitrogens is 3. The molecule has 3 aromatic heterocycles. The maximum Gasteiger partial charge on any atom is 0.101 e. The van der Waals surface area contributed by atoms with E-state index in [2.05, 4.69) is 265 Å². The van der Waals surface area contributed by atoms with Crippen molar-refractivity contribution >= 4 is 16.3 Å². The topological polar surface area (TPSA) is 30.2 Å². The van der Waals surface area contributed by atoms with Crippen LogP contribution in [0, 0.1) is 0 Å². The van der Waals surface area contributed by atoms with Crippen molar-refractivity contribution in [2.75, 3.05) is 0 Å². The van der Waals surface area contributed by atoms with Crippen LogP contribution in [0.1, 0.15) is 0 Å². The van der Waals surface area contributed by atoms with Crippen molar-refractivity contribution in [1.29, 1.82) is 0 Å². The molecule has 67 heavy (non-hydrogen) atoms. The molecule has 3 heterocycles. The van der Waals surface area contributed by atoms with E-state index >= 15 is 0 Å². The zero-order valence-corrected chi connectivity index (χ0v) is 36.7. The lowest BCUT2D eigenvalue weighted by Gasteiger charge is -2.15. The molecule has 0 spiro atoms. The van der Waals surface area contributed by atoms with Crippen LogP contribution in [0.3, 0.4) is 0 Å². The number of pyridine rings is 2. The maximum absolute atomic E-state index is 5.46. The van der Waals surface area contributed by atoms with E-state index in [1.54, 1.807) is 0 Å². The van der Waals surface area contributed by atoms with Gasteiger partial charge in [-0.3, -0.25) is 0 Å². The van der Waals surface area contributed by atoms with Gasteiger partial charge in [0.2, 0.25) is 0 Å². The Morgan fingerprint density at radius 3 is 1.24 bits per heavy atom. The fourth-order valence-electron chi connectivity index (χ4n) is 9.55. The Morgan fingerprint density at radius 2 is 0.687 bits per heavy atom. The van der Waals surface area contributed by atoms with Gasteiger partial charge in [-0.1, -0.05) is 224 Å². The molecule has 314 valence electrons. The van der Waals surface area contributed by atoms with Crippen molar-refractivity contribution in [1.82, 2.24) is 14.6 Å². The summed E-state index contributed by atoms with van der Waals surface area (Å²) in [6.45, 7) is 0. The first-order valence-corrected chi connectivity index (χ1v) is 22.8. The Bertz CT molecular complexity index is 3610. The summed E-state index contributed by atoms with van der Waals surface area (Å²) < 4.78 is 2.17. The molecule has 0 aliphatic heterocycles. The second-order valence-corrected chi connectivity index (χ2v) is 17.0. The quantitative estimate of drug-likeness (QED) is 0.145. The van der Waals surface area contributed by atoms with Gasteiger partial charge in [-0.25, -0.2) is 9.50 Å². The van der Waals surface area contributed by atoms with E-state index in [1.807, 2.05) is 0 Å². The smallest absolute Gasteiger partial charge is 0.101 e. The second-order valence-electron chi connectivity index (χ2n) is 17.0. The van der Waals surface area contributed by atoms with Gasteiger partial charge >= 0.3 is 0 Å². The maximum atomic E-state index is 5.46. The molecule has 0 fully saturated rings. The van der Waals surface area contributed by atoms with Crippen LogP contribution in [-0.2, 0) is 0 Å². The van der Waals surface area contributed by atoms with Crippen LogP contribution >= 0.6 is 0 Å². The van der Waals surface area contributed by atoms with Crippen molar-refractivity contribution in [2.24, 2.45) is 0 Å². The van der Waals surface area contributed by atoms with Crippen LogP contribution in [0.2, 0.25) is 0 Å². The highest BCUT2D eigenvalue weighted by atomic mass is 15.2. The number of benzene rings is 9. The highest BCUT2D eigenvalue weighted by Gasteiger charge is 2.23. The molecular weight excluding hydrogens is 811 g/mol. The number of hydrogen-bond donors (Lipinski definition) is 0. The van der Waals surface area contributed by atoms with Gasteiger partial charge in [0.25, 0.3) is 0 Å². The van der Waals surface area contributed by atoms with E-state index in [1.165, 1.54) is 11.1 Å². The van der Waals surface area contributed by atoms with E-state index < -0.39 is 0 Å². The molecule has 0 radical (unpaired) electrons. The van der Waals surface area contributed by atoms with Gasteiger partial charge in [0.05, 0.1) is 22.6 Å². The van der Waals surface area contributed by atoms with E-state index in [4.69, 9.17) is 10.1 Å². The summed E-state index contributed by atoms with van der Waals surface area (Å²) in [6.07, 6.45) is 0. The minimum atomic E-state index is 0.921. The van der Waals surface area contributed by atoms with Crippen LogP contribution in [0.15, 0.2) is 261 Å². The average molecular weight is 854 g/mol. The molecule has 12 rings (SSSR count). The molecule has 0 saturated heterocycles. The highest BCUT2D eigenvalue weighted by molar-refractivity contribution is 6.12. The molecule has 0 N–H and O–H groups in total. The number of nitrogens with zero attached hydrogens (tertiary/aromatic N) is 3. The zero-order chi connectivity index (χ0) is 44.5. The summed E-state index contributed by atoms with van der Waals surface area (Å²) in [6, 6.07) is 93.0. The van der Waals surface area contributed by atoms with Gasteiger partial charge in [0.1, 0.15) is 5.69 Å². The molecule has 0 unspecified atom stereocenters. The van der Waals surface area contributed by atoms with Gasteiger partial charge in [-0.05, 0) is 91.9 Å². The van der Waals surface area contributed by atoms with Crippen molar-refractivity contribution in [3.63, 3.8) is 0 Å². The minimum absolute atomic E-state index is 0.921. The van der Waals surface area contributed by atoms with E-state index in [9.17, 15) is 0 Å². The summed E-state index contributed by atoms with van der Waals surface area (Å²) >= 11 is 0. The molecule has 0 amide bonds. The van der Waals surface area contributed by atoms with Crippen LogP contribution in [-0.4, -0.2) is 14.6 Å². The molecule has 0 bridgehead atoms. The molecule has 3 heteroatoms. The normalized spacial score (nSPS) is 11.3. The highest BCUT2D eigenvalue weighted by Crippen LogP contribution is 2.44. The molecule has 9 aromatic carbocycles. The van der Waals surface area contributed by atoms with Crippen molar-refractivity contribution < 1.29 is 0 Å². The Hall–Kier alpha value is -8.92. The van der Waals surface area contributed by atoms with Gasteiger partial charge in [-0.2, -0.15) is 5.10 Å². The van der Waals surface area contributed by atoms with E-state index in [0.29, 0.717) is 0 Å². The fraction of sp³-hybridized carbons (Fsp3) is 0. The molecule has 12 aromatic rings. The molecule has 3 nitrogen and oxygen atoms in total. The summed E-state index contributed by atoms with van der Waals surface area (Å²) in [4.78, 5) is 5.41. The number of fused-ring (bicyclic) bond motifs is 3. The third kappa shape index (κ3) is 7.59. The summed E-state index contributed by atoms with van der Waals surface area (Å²) in [5.41, 5.74) is 20.6. The van der Waals surface area contributed by atoms with Crippen molar-refractivity contribution in [3.05, 3.63) is 261 Å². The Morgan fingerprint density at radius 1 is 0.269 bits per heavy atom. The van der Waals surface area contributed by atoms with Crippen LogP contribution in [0.5, 0.6) is 0 Å². The minimum Gasteiger partial charge on any atom is -0.248 e. The Labute approximate surface area is 390 Å². The molecular formula is C64H43N3. The summed E-state index contributed by atoms with van der Waals surface area (Å²) in [5.74, 6) is 0. The third-order valence-corrected chi connectivity index (χ3v) is 12.8. The zero-order valence-electron chi connectivity index (χ0n) is 36.7. The molecule has 0 aliphatic rings. The van der Waals surface area contributed by atoms with Crippen molar-refractivity contribution in [2.45, 2.75) is 0 Å². The first-order valence-electron chi connectivity index (χ1n) is 22.8. The second kappa shape index (κ2) is 17.2. The standard InChI is InChI=1S/C64H43N3/c1-6-20-44(21-7-1)49-30-17-34-53(39-49)59-41-55(42-60(65-59)54-35-18-31-50(40-54)45-22-8-2-9-23-45)51-32-16-33-52(38-51)56-36-19-37-57-58(56)43-61(46-24-10-3-11-25-46)67-64(57)62(47-26-12-4-13-27-47)63(66-67)48-28-14-5-15-29-48/h1-43H. The SMILES string of the molecule is c1ccc(-c2cccc(-c3cc(-c4cccc(-c5cccc6c5cc(-c5ccccc5)n5nc(-c7ccccc7)c(-c7ccccc7)c65)c4)cc(-c4cccc(-c5ccccc5)c4)n3)c2)cc1. The molecule has 0 aliphatic carbocycles. The van der Waals surface area contributed by atoms with Crippen LogP contribution in [0.25, 0.3) is 117 Å². The first kappa shape index (κ1) is 39.7. The lowest BCUT2D eigenvalue weighted by molar-refractivity contribution is 0.979. The van der Waals surface area contributed by atoms with E-state index in [0.717, 1.165) is 106 Å². The number of rotatable bonds is 9. The fourth-order valence-corrected chi connectivity index (χ4v) is 9.55. The Kier molecular flexibility index (Phi) is 10.2. The first-order chi connectivity index (χ1) is 33.2. The summed E-state index contributed by atoms with van der Waals surface area (Å²) in [7, 11) is 0. The largest absolute Gasteiger partial charge is 0.248 e. The van der Waals surface area contributed by atoms with E-state index in [-0.39, 0.29) is 0 Å². The monoisotopic (exact) mass is 853 g/mol. The van der Waals surface area contributed by atoms with Gasteiger partial charge < -0.3 is 0 Å². The van der Waals surface area contributed by atoms with Gasteiger partial charge in [0.15, 0.2) is 0 Å². The average Bonchev–Trinajstić information content (AvgIpc) is 3.83. The van der Waals surface area contributed by atoms with Crippen LogP contribution < -0.4 is 0 Å². The lowest BCUT2D eigenvalue weighted by atomic mass is 9.92. The van der Waals surface area contributed by atoms with Gasteiger partial charge in [-0.15, -0.1) is 0 Å². The lowest BCUT2D eigenvalue weighted by Crippen LogP contribution is -1.97. The van der Waals surface area contributed by atoms with Crippen LogP contribution in [0.4, 0.5) is 0 Å². The summed E-state index contributed by atoms with van der Waals surface area (Å²) in [5, 5.41) is 7.77. The number of hydrogen-bond acceptors (Lipinski definition) is 2. The molecule has 0 saturated carbocycles. The predicted octanol–water partition coefficient (Wildman–Crippen LogP) is 16.9. The predicted molar refractivity (Wildman–Crippen MR) is 279 cm³/mol.